The number of halogens is 2. The molecular weight excluding hydrogens is 292 g/mol. The molecule has 0 heterocycles. The third-order valence-corrected chi connectivity index (χ3v) is 3.22. The van der Waals surface area contributed by atoms with Crippen LogP contribution in [0.15, 0.2) is 39.8 Å². The van der Waals surface area contributed by atoms with E-state index >= 15 is 0 Å². The standard InChI is InChI=1S/C11H12Br2/c1-3-8(2)6-9-7-10(12)4-5-11(9)13/h3-5,7-8H,1,6H2,2H3. The average Bonchev–Trinajstić information content (AvgIpc) is 2.11. The van der Waals surface area contributed by atoms with E-state index in [1.54, 1.807) is 0 Å². The molecule has 0 spiro atoms. The van der Waals surface area contributed by atoms with Gasteiger partial charge in [-0.2, -0.15) is 0 Å². The molecule has 0 nitrogen and oxygen atoms in total. The third-order valence-electron chi connectivity index (χ3n) is 1.95. The Morgan fingerprint density at radius 3 is 2.77 bits per heavy atom. The van der Waals surface area contributed by atoms with Crippen LogP contribution in [0, 0.1) is 5.92 Å². The summed E-state index contributed by atoms with van der Waals surface area (Å²) < 4.78 is 2.30. The van der Waals surface area contributed by atoms with Crippen molar-refractivity contribution in [1.82, 2.24) is 0 Å². The minimum absolute atomic E-state index is 0.519. The molecule has 0 amide bonds. The van der Waals surface area contributed by atoms with Crippen LogP contribution in [0.25, 0.3) is 0 Å². The van der Waals surface area contributed by atoms with Crippen molar-refractivity contribution < 1.29 is 0 Å². The van der Waals surface area contributed by atoms with Crippen molar-refractivity contribution >= 4 is 31.9 Å². The zero-order chi connectivity index (χ0) is 9.84. The summed E-state index contributed by atoms with van der Waals surface area (Å²) in [7, 11) is 0. The van der Waals surface area contributed by atoms with E-state index in [9.17, 15) is 0 Å². The van der Waals surface area contributed by atoms with Crippen LogP contribution in [0.3, 0.4) is 0 Å². The molecule has 0 aliphatic carbocycles. The highest BCUT2D eigenvalue weighted by Gasteiger charge is 2.03. The molecule has 0 saturated carbocycles. The molecule has 0 aliphatic heterocycles. The lowest BCUT2D eigenvalue weighted by Gasteiger charge is -2.08. The van der Waals surface area contributed by atoms with Crippen LogP contribution < -0.4 is 0 Å². The molecule has 1 unspecified atom stereocenters. The minimum atomic E-state index is 0.519. The second-order valence-electron chi connectivity index (χ2n) is 3.15. The predicted octanol–water partition coefficient (Wildman–Crippen LogP) is 4.58. The van der Waals surface area contributed by atoms with Crippen LogP contribution in [0.2, 0.25) is 0 Å². The summed E-state index contributed by atoms with van der Waals surface area (Å²) in [5.41, 5.74) is 1.32. The maximum absolute atomic E-state index is 3.78. The first-order valence-electron chi connectivity index (χ1n) is 4.20. The van der Waals surface area contributed by atoms with Crippen LogP contribution in [0.4, 0.5) is 0 Å². The van der Waals surface area contributed by atoms with Crippen molar-refractivity contribution in [2.75, 3.05) is 0 Å². The van der Waals surface area contributed by atoms with Gasteiger partial charge in [0.25, 0.3) is 0 Å². The monoisotopic (exact) mass is 302 g/mol. The highest BCUT2D eigenvalue weighted by atomic mass is 79.9. The van der Waals surface area contributed by atoms with Crippen molar-refractivity contribution in [2.24, 2.45) is 5.92 Å². The Labute approximate surface area is 96.3 Å². The summed E-state index contributed by atoms with van der Waals surface area (Å²) in [6.45, 7) is 5.95. The van der Waals surface area contributed by atoms with Gasteiger partial charge in [0.2, 0.25) is 0 Å². The Morgan fingerprint density at radius 1 is 1.46 bits per heavy atom. The van der Waals surface area contributed by atoms with Gasteiger partial charge in [0, 0.05) is 8.95 Å². The first kappa shape index (κ1) is 11.0. The number of allylic oxidation sites excluding steroid dienone is 1. The number of rotatable bonds is 3. The van der Waals surface area contributed by atoms with Crippen molar-refractivity contribution in [3.8, 4) is 0 Å². The minimum Gasteiger partial charge on any atom is -0.103 e. The van der Waals surface area contributed by atoms with E-state index in [-0.39, 0.29) is 0 Å². The quantitative estimate of drug-likeness (QED) is 0.717. The van der Waals surface area contributed by atoms with Gasteiger partial charge in [-0.1, -0.05) is 44.9 Å². The summed E-state index contributed by atoms with van der Waals surface area (Å²) in [6, 6.07) is 6.24. The molecule has 1 aromatic carbocycles. The van der Waals surface area contributed by atoms with Gasteiger partial charge in [-0.15, -0.1) is 6.58 Å². The van der Waals surface area contributed by atoms with E-state index in [2.05, 4.69) is 57.5 Å². The molecule has 70 valence electrons. The second kappa shape index (κ2) is 4.97. The number of hydrogen-bond donors (Lipinski definition) is 0. The largest absolute Gasteiger partial charge is 0.103 e. The van der Waals surface area contributed by atoms with Gasteiger partial charge in [0.05, 0.1) is 0 Å². The van der Waals surface area contributed by atoms with E-state index in [4.69, 9.17) is 0 Å². The highest BCUT2D eigenvalue weighted by Crippen LogP contribution is 2.24. The van der Waals surface area contributed by atoms with Crippen LogP contribution in [0.5, 0.6) is 0 Å². The Balaban J connectivity index is 2.86. The van der Waals surface area contributed by atoms with Crippen molar-refractivity contribution in [2.45, 2.75) is 13.3 Å². The Morgan fingerprint density at radius 2 is 2.15 bits per heavy atom. The lowest BCUT2D eigenvalue weighted by atomic mass is 10.0. The van der Waals surface area contributed by atoms with Gasteiger partial charge in [0.15, 0.2) is 0 Å². The lowest BCUT2D eigenvalue weighted by Crippen LogP contribution is -1.96. The molecule has 1 rings (SSSR count). The molecule has 1 aromatic rings. The molecule has 0 bridgehead atoms. The van der Waals surface area contributed by atoms with Gasteiger partial charge in [0.1, 0.15) is 0 Å². The zero-order valence-corrected chi connectivity index (χ0v) is 10.7. The molecule has 0 aromatic heterocycles. The van der Waals surface area contributed by atoms with E-state index in [1.807, 2.05) is 12.1 Å². The highest BCUT2D eigenvalue weighted by molar-refractivity contribution is 9.11. The van der Waals surface area contributed by atoms with Crippen molar-refractivity contribution in [3.63, 3.8) is 0 Å². The third kappa shape index (κ3) is 3.28. The molecule has 2 heteroatoms. The molecular formula is C11H12Br2. The molecule has 0 radical (unpaired) electrons. The maximum atomic E-state index is 3.78. The maximum Gasteiger partial charge on any atom is 0.0208 e. The van der Waals surface area contributed by atoms with Gasteiger partial charge in [-0.3, -0.25) is 0 Å². The Hall–Kier alpha value is -0.0800. The summed E-state index contributed by atoms with van der Waals surface area (Å²) in [5, 5.41) is 0. The Bertz CT molecular complexity index is 305. The smallest absolute Gasteiger partial charge is 0.0208 e. The van der Waals surface area contributed by atoms with E-state index in [1.165, 1.54) is 10.0 Å². The topological polar surface area (TPSA) is 0 Å². The van der Waals surface area contributed by atoms with Gasteiger partial charge in [-0.25, -0.2) is 0 Å². The lowest BCUT2D eigenvalue weighted by molar-refractivity contribution is 0.723. The molecule has 13 heavy (non-hydrogen) atoms. The number of benzene rings is 1. The van der Waals surface area contributed by atoms with Crippen LogP contribution in [-0.4, -0.2) is 0 Å². The normalized spacial score (nSPS) is 12.5. The van der Waals surface area contributed by atoms with E-state index < -0.39 is 0 Å². The van der Waals surface area contributed by atoms with E-state index in [0.29, 0.717) is 5.92 Å². The van der Waals surface area contributed by atoms with Crippen molar-refractivity contribution in [3.05, 3.63) is 45.4 Å². The fraction of sp³-hybridized carbons (Fsp3) is 0.273. The predicted molar refractivity (Wildman–Crippen MR) is 64.9 cm³/mol. The molecule has 1 atom stereocenters. The molecule has 0 saturated heterocycles. The summed E-state index contributed by atoms with van der Waals surface area (Å²) in [6.07, 6.45) is 3.01. The molecule has 0 fully saturated rings. The first-order valence-corrected chi connectivity index (χ1v) is 5.78. The van der Waals surface area contributed by atoms with Gasteiger partial charge in [-0.05, 0) is 36.1 Å². The van der Waals surface area contributed by atoms with Crippen LogP contribution in [0.1, 0.15) is 12.5 Å². The first-order chi connectivity index (χ1) is 6.13. The molecule has 0 aliphatic rings. The summed E-state index contributed by atoms with van der Waals surface area (Å²) in [5.74, 6) is 0.519. The summed E-state index contributed by atoms with van der Waals surface area (Å²) >= 11 is 6.99. The zero-order valence-electron chi connectivity index (χ0n) is 7.56. The number of hydrogen-bond acceptors (Lipinski definition) is 0. The van der Waals surface area contributed by atoms with Gasteiger partial charge < -0.3 is 0 Å². The fourth-order valence-corrected chi connectivity index (χ4v) is 1.95. The molecule has 0 N–H and O–H groups in total. The second-order valence-corrected chi connectivity index (χ2v) is 4.92. The van der Waals surface area contributed by atoms with Crippen LogP contribution >= 0.6 is 31.9 Å². The van der Waals surface area contributed by atoms with E-state index in [0.717, 1.165) is 10.9 Å². The average molecular weight is 304 g/mol. The fourth-order valence-electron chi connectivity index (χ4n) is 1.13. The Kier molecular flexibility index (Phi) is 4.20. The van der Waals surface area contributed by atoms with Crippen molar-refractivity contribution in [1.29, 1.82) is 0 Å². The summed E-state index contributed by atoms with van der Waals surface area (Å²) in [4.78, 5) is 0. The SMILES string of the molecule is C=CC(C)Cc1cc(Br)ccc1Br. The van der Waals surface area contributed by atoms with Gasteiger partial charge >= 0.3 is 0 Å². The van der Waals surface area contributed by atoms with Crippen LogP contribution in [-0.2, 0) is 6.42 Å².